The van der Waals surface area contributed by atoms with E-state index < -0.39 is 21.3 Å². The molecule has 0 spiro atoms. The van der Waals surface area contributed by atoms with Crippen LogP contribution in [0, 0.1) is 55.2 Å². The van der Waals surface area contributed by atoms with Crippen LogP contribution in [0.15, 0.2) is 136 Å². The van der Waals surface area contributed by atoms with Crippen molar-refractivity contribution in [2.45, 2.75) is 112 Å². The summed E-state index contributed by atoms with van der Waals surface area (Å²) in [5.74, 6) is 0.922. The standard InChI is InChI=1S/C29H37.C13H19.C12H10.2ClH.Zr/c1-21-14-13-15-22-20-27(6)25(4)18-10-9-16-23(25,2)24(3)17-11-12-19-26(24,5)29(27,8)28(21,22)7;1-11-6-7-12(10-11)13(2)8-4-3-5-9-13;1-2-10-7-8-11-5-3-4-6-12(11)9-10;;;/h9-20,22H,1-8H3;7,10-11H,3-5,8-9H2,1-2H3;3-9H,1H3;2*1H;/q;;;;;+2/p-2. The molecule has 300 valence electrons. The molecule has 2 aromatic carbocycles. The summed E-state index contributed by atoms with van der Waals surface area (Å²) in [6.45, 7) is 29.4. The second-order valence-corrected chi connectivity index (χ2v) is 27.6. The van der Waals surface area contributed by atoms with E-state index in [1.54, 1.807) is 14.4 Å². The van der Waals surface area contributed by atoms with Crippen molar-refractivity contribution in [1.82, 2.24) is 0 Å². The van der Waals surface area contributed by atoms with Crippen molar-refractivity contribution in [3.05, 3.63) is 141 Å². The average Bonchev–Trinajstić information content (AvgIpc) is 3.64. The maximum absolute atomic E-state index is 2.92. The summed E-state index contributed by atoms with van der Waals surface area (Å²) in [5.41, 5.74) is 4.50. The van der Waals surface area contributed by atoms with Crippen LogP contribution >= 0.6 is 0 Å². The Labute approximate surface area is 365 Å². The summed E-state index contributed by atoms with van der Waals surface area (Å²) in [6.07, 6.45) is 40.5. The number of fused-ring (bicyclic) bond motifs is 9. The Kier molecular flexibility index (Phi) is 10.6. The van der Waals surface area contributed by atoms with E-state index in [2.05, 4.69) is 198 Å². The second-order valence-electron chi connectivity index (χ2n) is 20.7. The molecule has 9 rings (SSSR count). The molecule has 10 unspecified atom stereocenters. The molecule has 0 amide bonds. The molecule has 0 saturated heterocycles. The summed E-state index contributed by atoms with van der Waals surface area (Å²) >= 11 is -2.92. The van der Waals surface area contributed by atoms with E-state index in [1.807, 2.05) is 3.28 Å². The molecule has 0 nitrogen and oxygen atoms in total. The van der Waals surface area contributed by atoms with Crippen LogP contribution in [-0.2, 0) is 21.3 Å². The van der Waals surface area contributed by atoms with Gasteiger partial charge in [-0.15, -0.1) is 0 Å². The van der Waals surface area contributed by atoms with E-state index >= 15 is 0 Å². The van der Waals surface area contributed by atoms with Crippen LogP contribution < -0.4 is 24.8 Å². The fourth-order valence-corrected chi connectivity index (χ4v) is 26.7. The van der Waals surface area contributed by atoms with E-state index in [-0.39, 0.29) is 62.7 Å². The average molecular weight is 877 g/mol. The third-order valence-electron chi connectivity index (χ3n) is 19.6. The molecule has 10 atom stereocenters. The zero-order valence-corrected chi connectivity index (χ0v) is 40.5. The Morgan fingerprint density at radius 1 is 0.684 bits per heavy atom. The SMILES string of the molecule is CC1=CC=CC2[CH](/[Zr+2]([C]3=CC(C4(C)CCCCC4)=CC3C)=[C](\C)c3ccc4ccccc4c3)C3(C)C4(C)C=CC=CC4(C)C4(C)C=CC=CC4(C)C3(C)C12C.[Cl-].[Cl-]. The maximum atomic E-state index is 2.86. The third-order valence-corrected chi connectivity index (χ3v) is 29.1. The van der Waals surface area contributed by atoms with Crippen LogP contribution in [0.4, 0.5) is 0 Å². The molecule has 0 bridgehead atoms. The Morgan fingerprint density at radius 2 is 1.26 bits per heavy atom. The molecular formula is C54H66Cl2Zr. The predicted octanol–water partition coefficient (Wildman–Crippen LogP) is 8.68. The first-order valence-electron chi connectivity index (χ1n) is 21.7. The summed E-state index contributed by atoms with van der Waals surface area (Å²) in [5, 5.41) is 2.71. The van der Waals surface area contributed by atoms with Gasteiger partial charge in [-0.25, -0.2) is 0 Å². The van der Waals surface area contributed by atoms with Gasteiger partial charge in [0.2, 0.25) is 0 Å². The molecule has 3 fully saturated rings. The van der Waals surface area contributed by atoms with Gasteiger partial charge in [-0.2, -0.15) is 0 Å². The van der Waals surface area contributed by atoms with Gasteiger partial charge in [0.05, 0.1) is 0 Å². The zero-order valence-electron chi connectivity index (χ0n) is 36.6. The van der Waals surface area contributed by atoms with Gasteiger partial charge >= 0.3 is 344 Å². The molecule has 0 radical (unpaired) electrons. The topological polar surface area (TPSA) is 0 Å². The fourth-order valence-electron chi connectivity index (χ4n) is 15.5. The van der Waals surface area contributed by atoms with Crippen LogP contribution in [0.1, 0.15) is 114 Å². The molecule has 0 N–H and O–H groups in total. The number of halogens is 2. The van der Waals surface area contributed by atoms with Gasteiger partial charge in [0.25, 0.3) is 0 Å². The summed E-state index contributed by atoms with van der Waals surface area (Å²) in [7, 11) is 0. The number of benzene rings is 2. The maximum Gasteiger partial charge on any atom is -1.00 e. The monoisotopic (exact) mass is 874 g/mol. The molecule has 7 aliphatic carbocycles. The quantitative estimate of drug-likeness (QED) is 0.289. The van der Waals surface area contributed by atoms with Gasteiger partial charge in [-0.3, -0.25) is 0 Å². The van der Waals surface area contributed by atoms with Crippen LogP contribution in [-0.4, -0.2) is 3.21 Å². The van der Waals surface area contributed by atoms with Crippen molar-refractivity contribution in [3.63, 3.8) is 0 Å². The van der Waals surface area contributed by atoms with E-state index in [9.17, 15) is 0 Å². The summed E-state index contributed by atoms with van der Waals surface area (Å²) < 4.78 is 4.14. The molecule has 3 heteroatoms. The molecule has 0 heterocycles. The van der Waals surface area contributed by atoms with E-state index in [4.69, 9.17) is 0 Å². The normalized spacial score (nSPS) is 42.1. The van der Waals surface area contributed by atoms with Crippen molar-refractivity contribution in [2.24, 2.45) is 55.2 Å². The second kappa shape index (κ2) is 14.0. The number of hydrogen-bond acceptors (Lipinski definition) is 0. The molecule has 2 aromatic rings. The van der Waals surface area contributed by atoms with Crippen molar-refractivity contribution >= 4 is 14.0 Å². The molecular weight excluding hydrogens is 811 g/mol. The van der Waals surface area contributed by atoms with Crippen LogP contribution in [0.2, 0.25) is 3.63 Å². The van der Waals surface area contributed by atoms with Crippen molar-refractivity contribution in [3.8, 4) is 0 Å². The molecule has 0 aromatic heterocycles. The van der Waals surface area contributed by atoms with Gasteiger partial charge in [0, 0.05) is 0 Å². The minimum Gasteiger partial charge on any atom is -1.00 e. The van der Waals surface area contributed by atoms with Crippen LogP contribution in [0.5, 0.6) is 0 Å². The van der Waals surface area contributed by atoms with Gasteiger partial charge in [0.1, 0.15) is 0 Å². The van der Waals surface area contributed by atoms with E-state index in [0.29, 0.717) is 20.9 Å². The number of allylic oxidation sites excluding steroid dienone is 16. The van der Waals surface area contributed by atoms with Crippen molar-refractivity contribution < 1.29 is 46.1 Å². The summed E-state index contributed by atoms with van der Waals surface area (Å²) in [6, 6.07) is 16.5. The molecule has 57 heavy (non-hydrogen) atoms. The van der Waals surface area contributed by atoms with Gasteiger partial charge < -0.3 is 24.8 Å². The fraction of sp³-hybridized carbons (Fsp3) is 0.500. The van der Waals surface area contributed by atoms with E-state index in [0.717, 1.165) is 0 Å². The number of hydrogen-bond donors (Lipinski definition) is 0. The van der Waals surface area contributed by atoms with Gasteiger partial charge in [-0.05, 0) is 0 Å². The minimum absolute atomic E-state index is 0. The molecule has 7 aliphatic rings. The summed E-state index contributed by atoms with van der Waals surface area (Å²) in [4.78, 5) is 0. The zero-order chi connectivity index (χ0) is 39.0. The smallest absolute Gasteiger partial charge is 1.00 e. The van der Waals surface area contributed by atoms with Gasteiger partial charge in [-0.1, -0.05) is 0 Å². The largest absolute Gasteiger partial charge is 1.00 e. The Morgan fingerprint density at radius 3 is 1.91 bits per heavy atom. The first kappa shape index (κ1) is 43.1. The van der Waals surface area contributed by atoms with Crippen molar-refractivity contribution in [1.29, 1.82) is 0 Å². The molecule has 3 saturated carbocycles. The molecule has 0 aliphatic heterocycles. The van der Waals surface area contributed by atoms with Gasteiger partial charge in [0.15, 0.2) is 0 Å². The predicted molar refractivity (Wildman–Crippen MR) is 234 cm³/mol. The first-order chi connectivity index (χ1) is 26.0. The Bertz CT molecular complexity index is 2290. The Balaban J connectivity index is 0.00000248. The van der Waals surface area contributed by atoms with Crippen LogP contribution in [0.3, 0.4) is 0 Å². The minimum atomic E-state index is -2.92. The Hall–Kier alpha value is -2.05. The van der Waals surface area contributed by atoms with Crippen molar-refractivity contribution in [2.75, 3.05) is 0 Å². The third kappa shape index (κ3) is 4.98. The number of rotatable bonds is 4. The van der Waals surface area contributed by atoms with E-state index in [1.165, 1.54) is 48.4 Å². The first-order valence-corrected chi connectivity index (χ1v) is 25.6. The van der Waals surface area contributed by atoms with Crippen LogP contribution in [0.25, 0.3) is 10.8 Å².